The molecule has 0 aliphatic carbocycles. The molecule has 2 aliphatic rings. The molecular weight excluding hydrogens is 352 g/mol. The van der Waals surface area contributed by atoms with Crippen molar-refractivity contribution in [3.8, 4) is 0 Å². The zero-order valence-corrected chi connectivity index (χ0v) is 15.0. The summed E-state index contributed by atoms with van der Waals surface area (Å²) in [6, 6.07) is -2.42. The smallest absolute Gasteiger partial charge is 0.456 e. The van der Waals surface area contributed by atoms with Gasteiger partial charge in [-0.3, -0.25) is 4.79 Å². The van der Waals surface area contributed by atoms with Crippen LogP contribution in [0.5, 0.6) is 0 Å². The van der Waals surface area contributed by atoms with Gasteiger partial charge in [0, 0.05) is 6.54 Å². The summed E-state index contributed by atoms with van der Waals surface area (Å²) in [4.78, 5) is 41.0. The zero-order valence-electron chi connectivity index (χ0n) is 15.0. The second kappa shape index (κ2) is 8.15. The summed E-state index contributed by atoms with van der Waals surface area (Å²) < 4.78 is 33.3. The fourth-order valence-electron chi connectivity index (χ4n) is 3.33. The van der Waals surface area contributed by atoms with E-state index in [2.05, 4.69) is 4.84 Å². The molecule has 2 rings (SSSR count). The molecule has 2 N–H and O–H groups in total. The van der Waals surface area contributed by atoms with Crippen molar-refractivity contribution < 1.29 is 32.7 Å². The first-order chi connectivity index (χ1) is 12.2. The average molecular weight is 377 g/mol. The van der Waals surface area contributed by atoms with Crippen LogP contribution in [-0.4, -0.2) is 58.7 Å². The Bertz CT molecular complexity index is 554. The molecular formula is C16H25F2N3O5. The Morgan fingerprint density at radius 1 is 1.27 bits per heavy atom. The third-order valence-corrected chi connectivity index (χ3v) is 4.60. The molecule has 2 heterocycles. The van der Waals surface area contributed by atoms with Crippen molar-refractivity contribution >= 4 is 17.9 Å². The Hall–Kier alpha value is -1.97. The predicted octanol–water partition coefficient (Wildman–Crippen LogP) is 1.78. The molecule has 2 fully saturated rings. The van der Waals surface area contributed by atoms with E-state index in [1.165, 1.54) is 0 Å². The molecule has 3 amide bonds. The molecule has 26 heavy (non-hydrogen) atoms. The van der Waals surface area contributed by atoms with Crippen molar-refractivity contribution in [1.82, 2.24) is 9.96 Å². The summed E-state index contributed by atoms with van der Waals surface area (Å²) in [7, 11) is 0. The molecule has 2 aliphatic heterocycles. The minimum atomic E-state index is -4.30. The Labute approximate surface area is 150 Å². The van der Waals surface area contributed by atoms with Gasteiger partial charge in [-0.2, -0.15) is 18.7 Å². The summed E-state index contributed by atoms with van der Waals surface area (Å²) >= 11 is 0. The highest BCUT2D eigenvalue weighted by Crippen LogP contribution is 2.33. The predicted molar refractivity (Wildman–Crippen MR) is 85.7 cm³/mol. The zero-order chi connectivity index (χ0) is 19.5. The van der Waals surface area contributed by atoms with Crippen molar-refractivity contribution in [2.75, 3.05) is 6.54 Å². The molecule has 8 nitrogen and oxygen atoms in total. The van der Waals surface area contributed by atoms with Crippen molar-refractivity contribution in [3.05, 3.63) is 0 Å². The van der Waals surface area contributed by atoms with Gasteiger partial charge in [0.1, 0.15) is 12.1 Å². The first kappa shape index (κ1) is 20.3. The van der Waals surface area contributed by atoms with Crippen LogP contribution in [0.25, 0.3) is 0 Å². The molecule has 0 radical (unpaired) electrons. The molecule has 0 aromatic heterocycles. The van der Waals surface area contributed by atoms with E-state index < -0.39 is 42.2 Å². The van der Waals surface area contributed by atoms with Crippen LogP contribution in [0.3, 0.4) is 0 Å². The fraction of sp³-hybridized carbons (Fsp3) is 0.812. The number of hydroxylamine groups is 2. The number of carbonyl (C=O) groups excluding carboxylic acids is 3. The number of carbonyl (C=O) groups is 3. The normalized spacial score (nSPS) is 22.9. The van der Waals surface area contributed by atoms with Crippen LogP contribution in [0, 0.1) is 0 Å². The van der Waals surface area contributed by atoms with Crippen LogP contribution >= 0.6 is 0 Å². The summed E-state index contributed by atoms with van der Waals surface area (Å²) in [6.07, 6.45) is -2.09. The highest BCUT2D eigenvalue weighted by atomic mass is 19.3. The number of hydrogen-bond donors (Lipinski definition) is 1. The second-order valence-corrected chi connectivity index (χ2v) is 6.62. The topological polar surface area (TPSA) is 102 Å². The number of ether oxygens (including phenoxy) is 1. The minimum absolute atomic E-state index is 0.0475. The molecule has 0 aromatic rings. The molecule has 10 heteroatoms. The van der Waals surface area contributed by atoms with E-state index in [1.807, 2.05) is 13.8 Å². The van der Waals surface area contributed by atoms with Gasteiger partial charge in [0.2, 0.25) is 5.91 Å². The van der Waals surface area contributed by atoms with Crippen molar-refractivity contribution in [2.45, 2.75) is 76.7 Å². The summed E-state index contributed by atoms with van der Waals surface area (Å²) in [5.74, 6) is -2.52. The van der Waals surface area contributed by atoms with Crippen molar-refractivity contribution in [2.24, 2.45) is 5.73 Å². The lowest BCUT2D eigenvalue weighted by Gasteiger charge is -2.28. The molecule has 148 valence electrons. The van der Waals surface area contributed by atoms with Gasteiger partial charge in [0.05, 0.1) is 6.04 Å². The Morgan fingerprint density at radius 3 is 2.42 bits per heavy atom. The van der Waals surface area contributed by atoms with Crippen LogP contribution in [0.15, 0.2) is 0 Å². The maximum atomic E-state index is 14.2. The minimum Gasteiger partial charge on any atom is -0.456 e. The van der Waals surface area contributed by atoms with Crippen LogP contribution in [0.1, 0.15) is 52.4 Å². The lowest BCUT2D eigenvalue weighted by molar-refractivity contribution is -0.331. The maximum absolute atomic E-state index is 14.2. The summed E-state index contributed by atoms with van der Waals surface area (Å²) in [6.45, 7) is 3.77. The maximum Gasteiger partial charge on any atom is 0.477 e. The highest BCUT2D eigenvalue weighted by molar-refractivity contribution is 5.87. The van der Waals surface area contributed by atoms with Gasteiger partial charge in [-0.15, -0.1) is 0 Å². The fourth-order valence-corrected chi connectivity index (χ4v) is 3.33. The monoisotopic (exact) mass is 377 g/mol. The molecule has 0 aromatic carbocycles. The first-order valence-corrected chi connectivity index (χ1v) is 8.88. The molecule has 0 spiro atoms. The molecule has 0 unspecified atom stereocenters. The lowest BCUT2D eigenvalue weighted by Crippen LogP contribution is -2.48. The van der Waals surface area contributed by atoms with Crippen molar-refractivity contribution in [1.29, 1.82) is 0 Å². The number of halogens is 2. The van der Waals surface area contributed by atoms with E-state index in [-0.39, 0.29) is 19.4 Å². The van der Waals surface area contributed by atoms with E-state index in [4.69, 9.17) is 10.5 Å². The summed E-state index contributed by atoms with van der Waals surface area (Å²) in [5.41, 5.74) is 5.23. The summed E-state index contributed by atoms with van der Waals surface area (Å²) in [5, 5.41) is 0.471. The Kier molecular flexibility index (Phi) is 6.38. The van der Waals surface area contributed by atoms with Gasteiger partial charge < -0.3 is 15.4 Å². The van der Waals surface area contributed by atoms with Gasteiger partial charge >= 0.3 is 18.1 Å². The standard InChI is InChI=1S/C16H25F2N3O5/c1-3-5-11(6-4-2)25-14(23)16(17,18)26-21-10-7-8-12(13(19)22)20(9-10)15(21)24/h10-12H,3-9H2,1-2H3,(H2,19,22)/t10-,12+/m1/s1. The van der Waals surface area contributed by atoms with Gasteiger partial charge in [0.15, 0.2) is 0 Å². The number of hydrogen-bond acceptors (Lipinski definition) is 5. The van der Waals surface area contributed by atoms with Gasteiger partial charge in [-0.05, 0) is 25.7 Å². The number of alkyl halides is 2. The van der Waals surface area contributed by atoms with Gasteiger partial charge in [-0.25, -0.2) is 9.59 Å². The van der Waals surface area contributed by atoms with E-state index in [9.17, 15) is 23.2 Å². The number of piperidine rings is 1. The number of primary amides is 1. The van der Waals surface area contributed by atoms with Crippen LogP contribution in [0.2, 0.25) is 0 Å². The Morgan fingerprint density at radius 2 is 1.88 bits per heavy atom. The number of fused-ring (bicyclic) bond motifs is 2. The highest BCUT2D eigenvalue weighted by Gasteiger charge is 2.54. The molecule has 2 atom stereocenters. The Balaban J connectivity index is 2.03. The lowest BCUT2D eigenvalue weighted by atomic mass is 10.0. The van der Waals surface area contributed by atoms with Gasteiger partial charge in [0.25, 0.3) is 0 Å². The van der Waals surface area contributed by atoms with E-state index >= 15 is 0 Å². The quantitative estimate of drug-likeness (QED) is 0.617. The van der Waals surface area contributed by atoms with Crippen LogP contribution < -0.4 is 5.73 Å². The van der Waals surface area contributed by atoms with Crippen molar-refractivity contribution in [3.63, 3.8) is 0 Å². The first-order valence-electron chi connectivity index (χ1n) is 8.88. The SMILES string of the molecule is CCCC(CCC)OC(=O)C(F)(F)ON1C(=O)N2C[C@H]1CC[C@H]2C(N)=O. The number of rotatable bonds is 9. The molecule has 0 saturated carbocycles. The number of nitrogens with zero attached hydrogens (tertiary/aromatic N) is 2. The number of nitrogens with two attached hydrogens (primary N) is 1. The average Bonchev–Trinajstić information content (AvgIpc) is 2.79. The number of esters is 1. The van der Waals surface area contributed by atoms with Crippen LogP contribution in [-0.2, 0) is 19.2 Å². The number of urea groups is 1. The third-order valence-electron chi connectivity index (χ3n) is 4.60. The third kappa shape index (κ3) is 4.22. The molecule has 2 saturated heterocycles. The van der Waals surface area contributed by atoms with E-state index in [0.717, 1.165) is 4.90 Å². The van der Waals surface area contributed by atoms with E-state index in [0.29, 0.717) is 30.7 Å². The van der Waals surface area contributed by atoms with E-state index in [1.54, 1.807) is 0 Å². The second-order valence-electron chi connectivity index (χ2n) is 6.62. The largest absolute Gasteiger partial charge is 0.477 e. The van der Waals surface area contributed by atoms with Gasteiger partial charge in [-0.1, -0.05) is 26.7 Å². The number of amides is 3. The van der Waals surface area contributed by atoms with Crippen LogP contribution in [0.4, 0.5) is 13.6 Å². The molecule has 2 bridgehead atoms.